The molecule has 5 heteroatoms. The maximum atomic E-state index is 12.0. The number of amides is 1. The fourth-order valence-corrected chi connectivity index (χ4v) is 1.88. The molecule has 0 spiro atoms. The highest BCUT2D eigenvalue weighted by atomic mass is 16.6. The van der Waals surface area contributed by atoms with Crippen LogP contribution in [0.3, 0.4) is 0 Å². The molecule has 0 fully saturated rings. The van der Waals surface area contributed by atoms with Crippen LogP contribution in [0.25, 0.3) is 0 Å². The average Bonchev–Trinajstić information content (AvgIpc) is 2.94. The van der Waals surface area contributed by atoms with Crippen LogP contribution < -0.4 is 5.32 Å². The molecule has 0 aliphatic rings. The van der Waals surface area contributed by atoms with Gasteiger partial charge in [-0.25, -0.2) is 4.79 Å². The molecule has 0 saturated heterocycles. The molecule has 22 heavy (non-hydrogen) atoms. The van der Waals surface area contributed by atoms with Crippen molar-refractivity contribution in [2.24, 2.45) is 0 Å². The zero-order valence-electron chi connectivity index (χ0n) is 12.9. The van der Waals surface area contributed by atoms with Gasteiger partial charge < -0.3 is 14.5 Å². The van der Waals surface area contributed by atoms with E-state index in [1.165, 1.54) is 18.6 Å². The molecule has 116 valence electrons. The van der Waals surface area contributed by atoms with Gasteiger partial charge in [0.25, 0.3) is 5.91 Å². The third-order valence-electron chi connectivity index (χ3n) is 3.22. The molecule has 1 N–H and O–H groups in total. The number of benzene rings is 1. The monoisotopic (exact) mass is 301 g/mol. The van der Waals surface area contributed by atoms with Crippen molar-refractivity contribution in [3.05, 3.63) is 53.5 Å². The van der Waals surface area contributed by atoms with Gasteiger partial charge in [-0.15, -0.1) is 0 Å². The molecule has 5 nitrogen and oxygen atoms in total. The Labute approximate surface area is 129 Å². The minimum atomic E-state index is -0.913. The third-order valence-corrected chi connectivity index (χ3v) is 3.22. The summed E-state index contributed by atoms with van der Waals surface area (Å²) < 4.78 is 10.2. The zero-order chi connectivity index (χ0) is 16.1. The summed E-state index contributed by atoms with van der Waals surface area (Å²) in [6.45, 7) is 5.31. The number of furan rings is 1. The van der Waals surface area contributed by atoms with Gasteiger partial charge in [0.2, 0.25) is 5.76 Å². The molecule has 0 bridgehead atoms. The average molecular weight is 301 g/mol. The Kier molecular flexibility index (Phi) is 4.99. The van der Waals surface area contributed by atoms with Gasteiger partial charge in [-0.3, -0.25) is 4.79 Å². The number of ether oxygens (including phenoxy) is 1. The summed E-state index contributed by atoms with van der Waals surface area (Å²) in [4.78, 5) is 23.8. The molecule has 1 atom stereocenters. The van der Waals surface area contributed by atoms with E-state index in [9.17, 15) is 9.59 Å². The van der Waals surface area contributed by atoms with Crippen molar-refractivity contribution in [1.82, 2.24) is 0 Å². The van der Waals surface area contributed by atoms with Crippen LogP contribution in [0.15, 0.2) is 40.8 Å². The molecule has 2 rings (SSSR count). The molecule has 2 aromatic rings. The van der Waals surface area contributed by atoms with Crippen molar-refractivity contribution in [3.63, 3.8) is 0 Å². The summed E-state index contributed by atoms with van der Waals surface area (Å²) in [5, 5.41) is 2.71. The molecule has 1 amide bonds. The normalized spacial score (nSPS) is 11.8. The van der Waals surface area contributed by atoms with Gasteiger partial charge in [0.05, 0.1) is 0 Å². The number of aryl methyl sites for hydroxylation is 2. The van der Waals surface area contributed by atoms with Gasteiger partial charge in [0.1, 0.15) is 5.76 Å². The zero-order valence-corrected chi connectivity index (χ0v) is 12.9. The summed E-state index contributed by atoms with van der Waals surface area (Å²) >= 11 is 0. The molecule has 0 aliphatic heterocycles. The first-order valence-electron chi connectivity index (χ1n) is 7.17. The topological polar surface area (TPSA) is 68.5 Å². The van der Waals surface area contributed by atoms with Crippen molar-refractivity contribution in [3.8, 4) is 0 Å². The van der Waals surface area contributed by atoms with E-state index >= 15 is 0 Å². The first kappa shape index (κ1) is 15.8. The third kappa shape index (κ3) is 3.97. The quantitative estimate of drug-likeness (QED) is 0.860. The predicted octanol–water partition coefficient (Wildman–Crippen LogP) is 3.33. The van der Waals surface area contributed by atoms with Crippen LogP contribution >= 0.6 is 0 Å². The van der Waals surface area contributed by atoms with Crippen LogP contribution in [0.2, 0.25) is 0 Å². The highest BCUT2D eigenvalue weighted by Crippen LogP contribution is 2.12. The predicted molar refractivity (Wildman–Crippen MR) is 82.8 cm³/mol. The number of nitrogens with one attached hydrogen (secondary N) is 1. The van der Waals surface area contributed by atoms with E-state index < -0.39 is 12.1 Å². The number of rotatable bonds is 5. The molecule has 0 saturated carbocycles. The van der Waals surface area contributed by atoms with Crippen molar-refractivity contribution < 1.29 is 18.7 Å². The molecule has 0 radical (unpaired) electrons. The Morgan fingerprint density at radius 1 is 1.18 bits per heavy atom. The maximum Gasteiger partial charge on any atom is 0.375 e. The SMILES string of the molecule is CCc1ccc(NC(=O)C(C)OC(=O)c2ccc(C)o2)cc1. The van der Waals surface area contributed by atoms with Crippen LogP contribution in [0.4, 0.5) is 5.69 Å². The molecule has 0 aliphatic carbocycles. The summed E-state index contributed by atoms with van der Waals surface area (Å²) in [6.07, 6.45) is 0.0221. The fraction of sp³-hybridized carbons (Fsp3) is 0.294. The first-order chi connectivity index (χ1) is 10.5. The van der Waals surface area contributed by atoms with Gasteiger partial charge in [0.15, 0.2) is 6.10 Å². The molecule has 1 aromatic carbocycles. The van der Waals surface area contributed by atoms with Crippen LogP contribution in [-0.2, 0) is 16.0 Å². The lowest BCUT2D eigenvalue weighted by Gasteiger charge is -2.13. The van der Waals surface area contributed by atoms with E-state index in [4.69, 9.17) is 9.15 Å². The van der Waals surface area contributed by atoms with E-state index in [-0.39, 0.29) is 11.7 Å². The largest absolute Gasteiger partial charge is 0.454 e. The van der Waals surface area contributed by atoms with Gasteiger partial charge >= 0.3 is 5.97 Å². The number of hydrogen-bond acceptors (Lipinski definition) is 4. The van der Waals surface area contributed by atoms with Crippen LogP contribution in [0.5, 0.6) is 0 Å². The Balaban J connectivity index is 1.92. The second-order valence-electron chi connectivity index (χ2n) is 5.00. The molecule has 1 aromatic heterocycles. The van der Waals surface area contributed by atoms with E-state index in [0.717, 1.165) is 6.42 Å². The highest BCUT2D eigenvalue weighted by molar-refractivity contribution is 5.96. The van der Waals surface area contributed by atoms with Gasteiger partial charge in [0, 0.05) is 5.69 Å². The smallest absolute Gasteiger partial charge is 0.375 e. The number of anilines is 1. The summed E-state index contributed by atoms with van der Waals surface area (Å²) in [6, 6.07) is 10.7. The maximum absolute atomic E-state index is 12.0. The Morgan fingerprint density at radius 2 is 1.86 bits per heavy atom. The van der Waals surface area contributed by atoms with Gasteiger partial charge in [-0.2, -0.15) is 0 Å². The lowest BCUT2D eigenvalue weighted by atomic mass is 10.1. The standard InChI is InChI=1S/C17H19NO4/c1-4-13-6-8-14(9-7-13)18-16(19)12(3)22-17(20)15-10-5-11(2)21-15/h5-10,12H,4H2,1-3H3,(H,18,19). The van der Waals surface area contributed by atoms with Crippen LogP contribution in [0, 0.1) is 6.92 Å². The van der Waals surface area contributed by atoms with Gasteiger partial charge in [-0.05, 0) is 50.1 Å². The highest BCUT2D eigenvalue weighted by Gasteiger charge is 2.20. The summed E-state index contributed by atoms with van der Waals surface area (Å²) in [5.74, 6) is -0.345. The van der Waals surface area contributed by atoms with Crippen molar-refractivity contribution in [2.75, 3.05) is 5.32 Å². The molecule has 1 heterocycles. The Bertz CT molecular complexity index is 658. The minimum Gasteiger partial charge on any atom is -0.454 e. The summed E-state index contributed by atoms with van der Waals surface area (Å²) in [7, 11) is 0. The number of carbonyl (C=O) groups is 2. The molecular formula is C17H19NO4. The minimum absolute atomic E-state index is 0.0875. The van der Waals surface area contributed by atoms with Crippen molar-refractivity contribution >= 4 is 17.6 Å². The van der Waals surface area contributed by atoms with Gasteiger partial charge in [-0.1, -0.05) is 19.1 Å². The van der Waals surface area contributed by atoms with E-state index in [0.29, 0.717) is 11.4 Å². The number of carbonyl (C=O) groups excluding carboxylic acids is 2. The van der Waals surface area contributed by atoms with Crippen LogP contribution in [-0.4, -0.2) is 18.0 Å². The van der Waals surface area contributed by atoms with E-state index in [1.807, 2.05) is 24.3 Å². The van der Waals surface area contributed by atoms with Crippen molar-refractivity contribution in [1.29, 1.82) is 0 Å². The second-order valence-corrected chi connectivity index (χ2v) is 5.00. The Morgan fingerprint density at radius 3 is 2.41 bits per heavy atom. The summed E-state index contributed by atoms with van der Waals surface area (Å²) in [5.41, 5.74) is 1.85. The fourth-order valence-electron chi connectivity index (χ4n) is 1.88. The van der Waals surface area contributed by atoms with E-state index in [1.54, 1.807) is 13.0 Å². The first-order valence-corrected chi connectivity index (χ1v) is 7.17. The second kappa shape index (κ2) is 6.93. The lowest BCUT2D eigenvalue weighted by Crippen LogP contribution is -2.29. The molecule has 1 unspecified atom stereocenters. The number of hydrogen-bond donors (Lipinski definition) is 1. The van der Waals surface area contributed by atoms with Crippen LogP contribution in [0.1, 0.15) is 35.7 Å². The van der Waals surface area contributed by atoms with E-state index in [2.05, 4.69) is 12.2 Å². The van der Waals surface area contributed by atoms with Crippen molar-refractivity contribution in [2.45, 2.75) is 33.3 Å². The Hall–Kier alpha value is -2.56. The lowest BCUT2D eigenvalue weighted by molar-refractivity contribution is -0.123. The number of esters is 1. The molecular weight excluding hydrogens is 282 g/mol.